The van der Waals surface area contributed by atoms with Crippen molar-refractivity contribution < 1.29 is 9.47 Å². The summed E-state index contributed by atoms with van der Waals surface area (Å²) in [5.74, 6) is 1.61. The van der Waals surface area contributed by atoms with Crippen LogP contribution in [0.4, 0.5) is 5.95 Å². The molecule has 0 amide bonds. The van der Waals surface area contributed by atoms with E-state index in [0.717, 1.165) is 32.2 Å². The van der Waals surface area contributed by atoms with Crippen LogP contribution < -0.4 is 14.9 Å². The normalized spacial score (nSPS) is 11.1. The number of rotatable bonds is 6. The van der Waals surface area contributed by atoms with Gasteiger partial charge in [0.2, 0.25) is 5.95 Å². The lowest BCUT2D eigenvalue weighted by Crippen LogP contribution is -2.00. The molecule has 31 heavy (non-hydrogen) atoms. The van der Waals surface area contributed by atoms with Crippen LogP contribution in [0.3, 0.4) is 0 Å². The minimum Gasteiger partial charge on any atom is -0.493 e. The summed E-state index contributed by atoms with van der Waals surface area (Å²) in [6, 6.07) is 19.1. The maximum absolute atomic E-state index is 6.21. The van der Waals surface area contributed by atoms with E-state index >= 15 is 0 Å². The average molecular weight is 498 g/mol. The molecule has 0 unspecified atom stereocenters. The predicted octanol–water partition coefficient (Wildman–Crippen LogP) is 6.18. The van der Waals surface area contributed by atoms with Crippen molar-refractivity contribution in [1.29, 1.82) is 0 Å². The molecule has 6 nitrogen and oxygen atoms in total. The van der Waals surface area contributed by atoms with Crippen LogP contribution in [-0.2, 0) is 0 Å². The van der Waals surface area contributed by atoms with Gasteiger partial charge in [0.1, 0.15) is 0 Å². The molecule has 1 heterocycles. The monoisotopic (exact) mass is 496 g/mol. The molecule has 0 fully saturated rings. The highest BCUT2D eigenvalue weighted by atomic mass is 79.9. The van der Waals surface area contributed by atoms with Crippen LogP contribution in [0, 0.1) is 0 Å². The topological polar surface area (TPSA) is 68.6 Å². The van der Waals surface area contributed by atoms with Crippen LogP contribution in [-0.4, -0.2) is 30.4 Å². The Morgan fingerprint density at radius 2 is 1.71 bits per heavy atom. The molecule has 8 heteroatoms. The molecule has 0 radical (unpaired) electrons. The largest absolute Gasteiger partial charge is 0.493 e. The molecule has 1 N–H and O–H groups in total. The van der Waals surface area contributed by atoms with Crippen LogP contribution in [0.2, 0.25) is 5.02 Å². The average Bonchev–Trinajstić information content (AvgIpc) is 2.80. The molecule has 0 saturated carbocycles. The zero-order chi connectivity index (χ0) is 21.8. The molecule has 1 aromatic heterocycles. The number of nitrogens with one attached hydrogen (secondary N) is 1. The predicted molar refractivity (Wildman–Crippen MR) is 128 cm³/mol. The second-order valence-corrected chi connectivity index (χ2v) is 7.81. The number of anilines is 1. The van der Waals surface area contributed by atoms with Gasteiger partial charge in [0.05, 0.1) is 31.6 Å². The summed E-state index contributed by atoms with van der Waals surface area (Å²) in [5, 5.41) is 5.81. The van der Waals surface area contributed by atoms with Gasteiger partial charge in [-0.2, -0.15) is 5.10 Å². The Labute approximate surface area is 193 Å². The van der Waals surface area contributed by atoms with Crippen LogP contribution >= 0.6 is 27.5 Å². The lowest BCUT2D eigenvalue weighted by molar-refractivity contribution is 0.354. The first kappa shape index (κ1) is 21.1. The molecular formula is C23H18BrClN4O2. The van der Waals surface area contributed by atoms with Crippen molar-refractivity contribution in [2.45, 2.75) is 0 Å². The van der Waals surface area contributed by atoms with Gasteiger partial charge in [-0.15, -0.1) is 0 Å². The van der Waals surface area contributed by atoms with Gasteiger partial charge in [-0.05, 0) is 46.3 Å². The third-order valence-electron chi connectivity index (χ3n) is 4.58. The fraction of sp³-hybridized carbons (Fsp3) is 0.0870. The highest BCUT2D eigenvalue weighted by Crippen LogP contribution is 2.33. The van der Waals surface area contributed by atoms with E-state index < -0.39 is 0 Å². The van der Waals surface area contributed by atoms with Crippen LogP contribution in [0.5, 0.6) is 11.5 Å². The van der Waals surface area contributed by atoms with Crippen LogP contribution in [0.15, 0.2) is 70.2 Å². The van der Waals surface area contributed by atoms with Gasteiger partial charge in [0.25, 0.3) is 0 Å². The first-order valence-electron chi connectivity index (χ1n) is 9.32. The van der Waals surface area contributed by atoms with Gasteiger partial charge in [0.15, 0.2) is 11.5 Å². The molecule has 0 saturated heterocycles. The summed E-state index contributed by atoms with van der Waals surface area (Å²) in [7, 11) is 3.18. The van der Waals surface area contributed by atoms with Crippen LogP contribution in [0.1, 0.15) is 5.56 Å². The summed E-state index contributed by atoms with van der Waals surface area (Å²) in [4.78, 5) is 9.24. The molecule has 0 atom stereocenters. The van der Waals surface area contributed by atoms with Gasteiger partial charge < -0.3 is 9.47 Å². The fourth-order valence-electron chi connectivity index (χ4n) is 3.10. The molecule has 4 aromatic rings. The van der Waals surface area contributed by atoms with Crippen molar-refractivity contribution in [3.63, 3.8) is 0 Å². The Balaban J connectivity index is 1.69. The molecular weight excluding hydrogens is 480 g/mol. The van der Waals surface area contributed by atoms with Gasteiger partial charge in [-0.1, -0.05) is 41.9 Å². The van der Waals surface area contributed by atoms with Gasteiger partial charge in [-0.3, -0.25) is 0 Å². The lowest BCUT2D eigenvalue weighted by atomic mass is 10.1. The molecule has 3 aromatic carbocycles. The minimum absolute atomic E-state index is 0.376. The summed E-state index contributed by atoms with van der Waals surface area (Å²) in [6.45, 7) is 0. The van der Waals surface area contributed by atoms with E-state index in [0.29, 0.717) is 22.5 Å². The van der Waals surface area contributed by atoms with E-state index in [1.165, 1.54) is 0 Å². The van der Waals surface area contributed by atoms with Crippen molar-refractivity contribution >= 4 is 50.6 Å². The summed E-state index contributed by atoms with van der Waals surface area (Å²) in [5.41, 5.74) is 6.24. The maximum Gasteiger partial charge on any atom is 0.244 e. The Morgan fingerprint density at radius 3 is 2.45 bits per heavy atom. The SMILES string of the molecule is COc1cc(Br)c(C=NNc2nc(-c3ccccc3)c3cc(Cl)ccc3n2)cc1OC. The zero-order valence-corrected chi connectivity index (χ0v) is 19.1. The van der Waals surface area contributed by atoms with Crippen molar-refractivity contribution in [2.75, 3.05) is 19.6 Å². The highest BCUT2D eigenvalue weighted by molar-refractivity contribution is 9.10. The van der Waals surface area contributed by atoms with E-state index in [4.69, 9.17) is 21.1 Å². The minimum atomic E-state index is 0.376. The second-order valence-electron chi connectivity index (χ2n) is 6.52. The number of aromatic nitrogens is 2. The summed E-state index contributed by atoms with van der Waals surface area (Å²) in [6.07, 6.45) is 1.66. The standard InChI is InChI=1S/C23H18BrClN4O2/c1-30-20-10-15(18(24)12-21(20)31-2)13-26-29-23-27-19-9-8-16(25)11-17(19)22(28-23)14-6-4-3-5-7-14/h3-13H,1-2H3,(H,27,28,29). The molecule has 0 aliphatic heterocycles. The van der Waals surface area contributed by atoms with Gasteiger partial charge in [0, 0.05) is 26.0 Å². The fourth-order valence-corrected chi connectivity index (χ4v) is 3.69. The summed E-state index contributed by atoms with van der Waals surface area (Å²) < 4.78 is 11.5. The molecule has 0 spiro atoms. The van der Waals surface area contributed by atoms with Crippen molar-refractivity contribution in [2.24, 2.45) is 5.10 Å². The highest BCUT2D eigenvalue weighted by Gasteiger charge is 2.11. The Morgan fingerprint density at radius 1 is 0.968 bits per heavy atom. The lowest BCUT2D eigenvalue weighted by Gasteiger charge is -2.10. The third kappa shape index (κ3) is 4.62. The first-order chi connectivity index (χ1) is 15.1. The number of benzene rings is 3. The quantitative estimate of drug-likeness (QED) is 0.255. The Bertz CT molecular complexity index is 1270. The van der Waals surface area contributed by atoms with Gasteiger partial charge >= 0.3 is 0 Å². The van der Waals surface area contributed by atoms with Crippen molar-refractivity contribution in [3.05, 3.63) is 75.7 Å². The van der Waals surface area contributed by atoms with Crippen molar-refractivity contribution in [3.8, 4) is 22.8 Å². The molecule has 4 rings (SSSR count). The number of hydrogen-bond acceptors (Lipinski definition) is 6. The molecule has 0 aliphatic rings. The molecule has 0 bridgehead atoms. The molecule has 156 valence electrons. The Hall–Kier alpha value is -3.16. The smallest absolute Gasteiger partial charge is 0.244 e. The number of hydrazone groups is 1. The van der Waals surface area contributed by atoms with E-state index in [2.05, 4.69) is 36.4 Å². The number of nitrogens with zero attached hydrogens (tertiary/aromatic N) is 3. The number of ether oxygens (including phenoxy) is 2. The van der Waals surface area contributed by atoms with Crippen molar-refractivity contribution in [1.82, 2.24) is 9.97 Å². The Kier molecular flexibility index (Phi) is 6.34. The third-order valence-corrected chi connectivity index (χ3v) is 5.50. The number of hydrogen-bond donors (Lipinski definition) is 1. The van der Waals surface area contributed by atoms with E-state index in [9.17, 15) is 0 Å². The first-order valence-corrected chi connectivity index (χ1v) is 10.5. The van der Waals surface area contributed by atoms with E-state index in [1.54, 1.807) is 26.5 Å². The maximum atomic E-state index is 6.21. The van der Waals surface area contributed by atoms with E-state index in [1.807, 2.05) is 54.6 Å². The van der Waals surface area contributed by atoms with Crippen LogP contribution in [0.25, 0.3) is 22.2 Å². The summed E-state index contributed by atoms with van der Waals surface area (Å²) >= 11 is 9.73. The number of fused-ring (bicyclic) bond motifs is 1. The second kappa shape index (κ2) is 9.32. The molecule has 0 aliphatic carbocycles. The number of halogens is 2. The van der Waals surface area contributed by atoms with Gasteiger partial charge in [-0.25, -0.2) is 15.4 Å². The zero-order valence-electron chi connectivity index (χ0n) is 16.8. The van der Waals surface area contributed by atoms with E-state index in [-0.39, 0.29) is 0 Å². The number of methoxy groups -OCH3 is 2.